The lowest BCUT2D eigenvalue weighted by atomic mass is 10.1. The molecule has 0 saturated heterocycles. The van der Waals surface area contributed by atoms with Gasteiger partial charge in [0.05, 0.1) is 5.02 Å². The molecule has 0 fully saturated rings. The van der Waals surface area contributed by atoms with E-state index in [-0.39, 0.29) is 6.04 Å². The van der Waals surface area contributed by atoms with E-state index < -0.39 is 0 Å². The first kappa shape index (κ1) is 9.04. The molecule has 1 aromatic rings. The quantitative estimate of drug-likeness (QED) is 0.794. The van der Waals surface area contributed by atoms with Gasteiger partial charge in [0.1, 0.15) is 0 Å². The number of halogens is 2. The summed E-state index contributed by atoms with van der Waals surface area (Å²) in [5, 5.41) is 0.708. The van der Waals surface area contributed by atoms with Crippen LogP contribution in [0.25, 0.3) is 0 Å². The minimum atomic E-state index is 0.0422. The molecule has 1 nitrogen and oxygen atoms in total. The highest BCUT2D eigenvalue weighted by atomic mass is 79.9. The third-order valence-electron chi connectivity index (χ3n) is 1.47. The zero-order valence-corrected chi connectivity index (χ0v) is 8.48. The van der Waals surface area contributed by atoms with Gasteiger partial charge < -0.3 is 5.73 Å². The van der Waals surface area contributed by atoms with Gasteiger partial charge in [-0.25, -0.2) is 0 Å². The number of nitrogens with two attached hydrogens (primary N) is 1. The molecule has 0 aliphatic carbocycles. The van der Waals surface area contributed by atoms with Gasteiger partial charge in [0.25, 0.3) is 0 Å². The number of hydrogen-bond acceptors (Lipinski definition) is 1. The fraction of sp³-hybridized carbons (Fsp3) is 0.250. The maximum atomic E-state index is 5.86. The smallest absolute Gasteiger partial charge is 0.0551 e. The predicted octanol–water partition coefficient (Wildman–Crippen LogP) is 3.12. The Kier molecular flexibility index (Phi) is 2.93. The molecule has 2 N–H and O–H groups in total. The Balaban J connectivity index is 3.05. The highest BCUT2D eigenvalue weighted by molar-refractivity contribution is 9.10. The Hall–Kier alpha value is -0.0500. The molecular formula is C8H9BrClN. The van der Waals surface area contributed by atoms with E-state index in [1.807, 2.05) is 25.1 Å². The number of rotatable bonds is 1. The van der Waals surface area contributed by atoms with Crippen LogP contribution in [0.5, 0.6) is 0 Å². The molecule has 1 rings (SSSR count). The lowest BCUT2D eigenvalue weighted by Gasteiger charge is -2.05. The Labute approximate surface area is 79.7 Å². The van der Waals surface area contributed by atoms with Crippen molar-refractivity contribution in [2.24, 2.45) is 5.73 Å². The van der Waals surface area contributed by atoms with E-state index in [9.17, 15) is 0 Å². The Bertz CT molecular complexity index is 260. The summed E-state index contributed by atoms with van der Waals surface area (Å²) < 4.78 is 0.906. The topological polar surface area (TPSA) is 26.0 Å². The van der Waals surface area contributed by atoms with Crippen molar-refractivity contribution >= 4 is 27.5 Å². The largest absolute Gasteiger partial charge is 0.324 e. The van der Waals surface area contributed by atoms with E-state index in [0.717, 1.165) is 10.0 Å². The second-order valence-corrected chi connectivity index (χ2v) is 3.72. The van der Waals surface area contributed by atoms with Crippen molar-refractivity contribution < 1.29 is 0 Å². The second-order valence-electron chi connectivity index (χ2n) is 2.46. The average molecular weight is 235 g/mol. The van der Waals surface area contributed by atoms with Crippen molar-refractivity contribution in [2.45, 2.75) is 13.0 Å². The monoisotopic (exact) mass is 233 g/mol. The molecule has 0 amide bonds. The highest BCUT2D eigenvalue weighted by Gasteiger charge is 2.01. The van der Waals surface area contributed by atoms with Gasteiger partial charge >= 0.3 is 0 Å². The number of hydrogen-bond donors (Lipinski definition) is 1. The van der Waals surface area contributed by atoms with Gasteiger partial charge in [-0.1, -0.05) is 17.7 Å². The van der Waals surface area contributed by atoms with Crippen LogP contribution in [-0.4, -0.2) is 0 Å². The lowest BCUT2D eigenvalue weighted by Crippen LogP contribution is -2.04. The fourth-order valence-electron chi connectivity index (χ4n) is 0.796. The molecule has 0 aliphatic heterocycles. The van der Waals surface area contributed by atoms with Crippen LogP contribution in [0.2, 0.25) is 5.02 Å². The molecule has 0 bridgehead atoms. The van der Waals surface area contributed by atoms with Crippen molar-refractivity contribution in [1.29, 1.82) is 0 Å². The van der Waals surface area contributed by atoms with Crippen molar-refractivity contribution in [2.75, 3.05) is 0 Å². The number of benzene rings is 1. The standard InChI is InChI=1S/C8H9BrClN/c1-5(11)6-2-3-7(9)8(10)4-6/h2-5H,11H2,1H3. The van der Waals surface area contributed by atoms with Gasteiger partial charge in [-0.3, -0.25) is 0 Å². The first-order valence-electron chi connectivity index (χ1n) is 3.32. The zero-order valence-electron chi connectivity index (χ0n) is 6.14. The molecule has 3 heteroatoms. The predicted molar refractivity (Wildman–Crippen MR) is 51.8 cm³/mol. The maximum Gasteiger partial charge on any atom is 0.0551 e. The van der Waals surface area contributed by atoms with Gasteiger partial charge in [0.2, 0.25) is 0 Å². The van der Waals surface area contributed by atoms with E-state index in [4.69, 9.17) is 17.3 Å². The van der Waals surface area contributed by atoms with Crippen LogP contribution >= 0.6 is 27.5 Å². The average Bonchev–Trinajstić information content (AvgIpc) is 1.94. The van der Waals surface area contributed by atoms with Gasteiger partial charge in [-0.2, -0.15) is 0 Å². The van der Waals surface area contributed by atoms with Crippen LogP contribution in [0, 0.1) is 0 Å². The van der Waals surface area contributed by atoms with Crippen LogP contribution in [0.4, 0.5) is 0 Å². The van der Waals surface area contributed by atoms with Gasteiger partial charge in [-0.15, -0.1) is 0 Å². The minimum absolute atomic E-state index is 0.0422. The second kappa shape index (κ2) is 3.57. The highest BCUT2D eigenvalue weighted by Crippen LogP contribution is 2.24. The van der Waals surface area contributed by atoms with Gasteiger partial charge in [0.15, 0.2) is 0 Å². The third kappa shape index (κ3) is 2.19. The van der Waals surface area contributed by atoms with Crippen molar-refractivity contribution in [3.05, 3.63) is 33.3 Å². The molecule has 0 spiro atoms. The fourth-order valence-corrected chi connectivity index (χ4v) is 1.23. The molecule has 1 unspecified atom stereocenters. The van der Waals surface area contributed by atoms with E-state index in [0.29, 0.717) is 5.02 Å². The van der Waals surface area contributed by atoms with E-state index in [1.165, 1.54) is 0 Å². The molecule has 1 atom stereocenters. The molecule has 0 aromatic heterocycles. The molecule has 0 radical (unpaired) electrons. The maximum absolute atomic E-state index is 5.86. The summed E-state index contributed by atoms with van der Waals surface area (Å²) in [5.41, 5.74) is 6.71. The summed E-state index contributed by atoms with van der Waals surface area (Å²) in [6.45, 7) is 1.93. The SMILES string of the molecule is CC(N)c1ccc(Br)c(Cl)c1. The van der Waals surface area contributed by atoms with Crippen LogP contribution in [0.3, 0.4) is 0 Å². The summed E-state index contributed by atoms with van der Waals surface area (Å²) >= 11 is 9.16. The van der Waals surface area contributed by atoms with Crippen molar-refractivity contribution in [3.8, 4) is 0 Å². The molecule has 1 aromatic carbocycles. The van der Waals surface area contributed by atoms with E-state index in [1.54, 1.807) is 0 Å². The van der Waals surface area contributed by atoms with Crippen molar-refractivity contribution in [3.63, 3.8) is 0 Å². The van der Waals surface area contributed by atoms with Crippen LogP contribution in [0.1, 0.15) is 18.5 Å². The molecule has 0 aliphatic rings. The molecule has 60 valence electrons. The van der Waals surface area contributed by atoms with E-state index >= 15 is 0 Å². The summed E-state index contributed by atoms with van der Waals surface area (Å²) in [6.07, 6.45) is 0. The van der Waals surface area contributed by atoms with Crippen LogP contribution in [-0.2, 0) is 0 Å². The molecule has 0 heterocycles. The van der Waals surface area contributed by atoms with Gasteiger partial charge in [0, 0.05) is 10.5 Å². The van der Waals surface area contributed by atoms with E-state index in [2.05, 4.69) is 15.9 Å². The summed E-state index contributed by atoms with van der Waals surface area (Å²) in [6, 6.07) is 5.78. The third-order valence-corrected chi connectivity index (χ3v) is 2.70. The lowest BCUT2D eigenvalue weighted by molar-refractivity contribution is 0.818. The van der Waals surface area contributed by atoms with Crippen LogP contribution in [0.15, 0.2) is 22.7 Å². The summed E-state index contributed by atoms with van der Waals surface area (Å²) in [7, 11) is 0. The molecule has 0 saturated carbocycles. The normalized spacial score (nSPS) is 13.1. The van der Waals surface area contributed by atoms with Gasteiger partial charge in [-0.05, 0) is 40.5 Å². The van der Waals surface area contributed by atoms with Crippen molar-refractivity contribution in [1.82, 2.24) is 0 Å². The Morgan fingerprint density at radius 2 is 2.18 bits per heavy atom. The minimum Gasteiger partial charge on any atom is -0.324 e. The van der Waals surface area contributed by atoms with Crippen LogP contribution < -0.4 is 5.73 Å². The summed E-state index contributed by atoms with van der Waals surface area (Å²) in [5.74, 6) is 0. The Morgan fingerprint density at radius 3 is 2.64 bits per heavy atom. The molecular weight excluding hydrogens is 225 g/mol. The Morgan fingerprint density at radius 1 is 1.55 bits per heavy atom. The zero-order chi connectivity index (χ0) is 8.43. The molecule has 11 heavy (non-hydrogen) atoms. The first-order valence-corrected chi connectivity index (χ1v) is 4.49. The summed E-state index contributed by atoms with van der Waals surface area (Å²) in [4.78, 5) is 0. The first-order chi connectivity index (χ1) is 5.11.